The van der Waals surface area contributed by atoms with Crippen molar-refractivity contribution in [2.24, 2.45) is 0 Å². The Labute approximate surface area is 112 Å². The number of aromatic nitrogens is 1. The van der Waals surface area contributed by atoms with Gasteiger partial charge in [-0.1, -0.05) is 6.92 Å². The number of benzene rings is 1. The third-order valence-electron chi connectivity index (χ3n) is 3.23. The standard InChI is InChI=1S/C15H19NO3/c1-4-8-16-10(3)14(15(18)19-5-2)12-9-11(17)6-7-13(12)16/h6-7,9,17H,4-5,8H2,1-3H3. The van der Waals surface area contributed by atoms with Gasteiger partial charge in [0, 0.05) is 23.1 Å². The molecule has 0 spiro atoms. The molecule has 0 saturated carbocycles. The lowest BCUT2D eigenvalue weighted by Crippen LogP contribution is -2.07. The molecule has 102 valence electrons. The highest BCUT2D eigenvalue weighted by Gasteiger charge is 2.20. The average molecular weight is 261 g/mol. The second-order valence-corrected chi connectivity index (χ2v) is 4.53. The number of nitrogens with zero attached hydrogens (tertiary/aromatic N) is 1. The number of aryl methyl sites for hydroxylation is 1. The molecule has 1 N–H and O–H groups in total. The van der Waals surface area contributed by atoms with Gasteiger partial charge in [0.05, 0.1) is 12.2 Å². The third-order valence-corrected chi connectivity index (χ3v) is 3.23. The van der Waals surface area contributed by atoms with E-state index >= 15 is 0 Å². The minimum Gasteiger partial charge on any atom is -0.508 e. The summed E-state index contributed by atoms with van der Waals surface area (Å²) >= 11 is 0. The molecule has 4 heteroatoms. The zero-order valence-corrected chi connectivity index (χ0v) is 11.6. The van der Waals surface area contributed by atoms with Crippen LogP contribution in [-0.2, 0) is 11.3 Å². The van der Waals surface area contributed by atoms with Crippen LogP contribution < -0.4 is 0 Å². The van der Waals surface area contributed by atoms with Gasteiger partial charge in [-0.15, -0.1) is 0 Å². The van der Waals surface area contributed by atoms with Crippen LogP contribution in [0.25, 0.3) is 10.9 Å². The number of ether oxygens (including phenoxy) is 1. The van der Waals surface area contributed by atoms with Gasteiger partial charge in [-0.2, -0.15) is 0 Å². The van der Waals surface area contributed by atoms with Crippen molar-refractivity contribution >= 4 is 16.9 Å². The van der Waals surface area contributed by atoms with E-state index in [1.807, 2.05) is 13.0 Å². The predicted molar refractivity (Wildman–Crippen MR) is 74.6 cm³/mol. The Morgan fingerprint density at radius 3 is 2.74 bits per heavy atom. The monoisotopic (exact) mass is 261 g/mol. The Morgan fingerprint density at radius 1 is 1.37 bits per heavy atom. The Kier molecular flexibility index (Phi) is 3.79. The van der Waals surface area contributed by atoms with E-state index in [1.54, 1.807) is 19.1 Å². The van der Waals surface area contributed by atoms with Crippen molar-refractivity contribution < 1.29 is 14.6 Å². The molecule has 4 nitrogen and oxygen atoms in total. The first kappa shape index (κ1) is 13.5. The molecule has 0 aliphatic rings. The molecule has 0 unspecified atom stereocenters. The van der Waals surface area contributed by atoms with Gasteiger partial charge < -0.3 is 14.4 Å². The normalized spacial score (nSPS) is 10.9. The van der Waals surface area contributed by atoms with Crippen molar-refractivity contribution in [1.29, 1.82) is 0 Å². The van der Waals surface area contributed by atoms with Crippen LogP contribution in [0.5, 0.6) is 5.75 Å². The SMILES string of the molecule is CCCn1c(C)c(C(=O)OCC)c2cc(O)ccc21. The molecule has 1 aromatic heterocycles. The van der Waals surface area contributed by atoms with Gasteiger partial charge in [0.15, 0.2) is 0 Å². The van der Waals surface area contributed by atoms with Crippen LogP contribution in [0.4, 0.5) is 0 Å². The third kappa shape index (κ3) is 2.30. The summed E-state index contributed by atoms with van der Waals surface area (Å²) in [6.45, 7) is 6.98. The smallest absolute Gasteiger partial charge is 0.340 e. The number of esters is 1. The van der Waals surface area contributed by atoms with Gasteiger partial charge in [0.25, 0.3) is 0 Å². The van der Waals surface area contributed by atoms with Crippen LogP contribution >= 0.6 is 0 Å². The molecule has 1 aromatic carbocycles. The lowest BCUT2D eigenvalue weighted by atomic mass is 10.1. The first-order valence-corrected chi connectivity index (χ1v) is 6.59. The highest BCUT2D eigenvalue weighted by Crippen LogP contribution is 2.29. The zero-order valence-electron chi connectivity index (χ0n) is 11.6. The second kappa shape index (κ2) is 5.34. The van der Waals surface area contributed by atoms with Gasteiger partial charge in [-0.05, 0) is 38.5 Å². The summed E-state index contributed by atoms with van der Waals surface area (Å²) in [7, 11) is 0. The van der Waals surface area contributed by atoms with Gasteiger partial charge in [-0.3, -0.25) is 0 Å². The van der Waals surface area contributed by atoms with Crippen molar-refractivity contribution in [2.75, 3.05) is 6.61 Å². The quantitative estimate of drug-likeness (QED) is 0.859. The highest BCUT2D eigenvalue weighted by molar-refractivity contribution is 6.06. The topological polar surface area (TPSA) is 51.5 Å². The lowest BCUT2D eigenvalue weighted by molar-refractivity contribution is 0.0527. The number of hydrogen-bond acceptors (Lipinski definition) is 3. The van der Waals surface area contributed by atoms with Gasteiger partial charge >= 0.3 is 5.97 Å². The van der Waals surface area contributed by atoms with Crippen LogP contribution in [0, 0.1) is 6.92 Å². The maximum absolute atomic E-state index is 12.1. The largest absolute Gasteiger partial charge is 0.508 e. The fourth-order valence-corrected chi connectivity index (χ4v) is 2.44. The van der Waals surface area contributed by atoms with E-state index in [2.05, 4.69) is 11.5 Å². The molecule has 0 bridgehead atoms. The number of fused-ring (bicyclic) bond motifs is 1. The van der Waals surface area contributed by atoms with Crippen molar-refractivity contribution in [3.05, 3.63) is 29.5 Å². The summed E-state index contributed by atoms with van der Waals surface area (Å²) in [5.74, 6) is -0.169. The maximum Gasteiger partial charge on any atom is 0.340 e. The van der Waals surface area contributed by atoms with Crippen LogP contribution in [0.3, 0.4) is 0 Å². The Balaban J connectivity index is 2.70. The summed E-state index contributed by atoms with van der Waals surface area (Å²) in [5, 5.41) is 10.4. The number of phenolic OH excluding ortho intramolecular Hbond substituents is 1. The lowest BCUT2D eigenvalue weighted by Gasteiger charge is -2.06. The van der Waals surface area contributed by atoms with E-state index in [9.17, 15) is 9.90 Å². The molecule has 0 fully saturated rings. The average Bonchev–Trinajstić information content (AvgIpc) is 2.63. The summed E-state index contributed by atoms with van der Waals surface area (Å²) in [6, 6.07) is 5.11. The number of carbonyl (C=O) groups is 1. The van der Waals surface area contributed by atoms with E-state index in [0.717, 1.165) is 29.6 Å². The number of rotatable bonds is 4. The Morgan fingerprint density at radius 2 is 2.11 bits per heavy atom. The summed E-state index contributed by atoms with van der Waals surface area (Å²) in [4.78, 5) is 12.1. The van der Waals surface area contributed by atoms with E-state index < -0.39 is 0 Å². The molecule has 2 aromatic rings. The minimum atomic E-state index is -0.328. The van der Waals surface area contributed by atoms with Gasteiger partial charge in [0.1, 0.15) is 5.75 Å². The van der Waals surface area contributed by atoms with Crippen molar-refractivity contribution in [3.63, 3.8) is 0 Å². The number of hydrogen-bond donors (Lipinski definition) is 1. The molecule has 0 aliphatic carbocycles. The fourth-order valence-electron chi connectivity index (χ4n) is 2.44. The number of aromatic hydroxyl groups is 1. The Bertz CT molecular complexity index is 613. The molecule has 2 rings (SSSR count). The van der Waals surface area contributed by atoms with Crippen molar-refractivity contribution in [2.45, 2.75) is 33.7 Å². The fraction of sp³-hybridized carbons (Fsp3) is 0.400. The molecule has 1 heterocycles. The maximum atomic E-state index is 12.1. The minimum absolute atomic E-state index is 0.159. The van der Waals surface area contributed by atoms with Crippen molar-refractivity contribution in [3.8, 4) is 5.75 Å². The van der Waals surface area contributed by atoms with Gasteiger partial charge in [0.2, 0.25) is 0 Å². The molecule has 0 atom stereocenters. The van der Waals surface area contributed by atoms with E-state index in [1.165, 1.54) is 0 Å². The van der Waals surface area contributed by atoms with Crippen LogP contribution in [0.15, 0.2) is 18.2 Å². The molecular weight excluding hydrogens is 242 g/mol. The molecule has 0 saturated heterocycles. The Hall–Kier alpha value is -1.97. The molecule has 19 heavy (non-hydrogen) atoms. The molecule has 0 aliphatic heterocycles. The predicted octanol–water partition coefficient (Wildman–Crippen LogP) is 3.24. The van der Waals surface area contributed by atoms with Crippen molar-refractivity contribution in [1.82, 2.24) is 4.57 Å². The first-order chi connectivity index (χ1) is 9.10. The van der Waals surface area contributed by atoms with E-state index in [4.69, 9.17) is 4.74 Å². The number of carbonyl (C=O) groups excluding carboxylic acids is 1. The summed E-state index contributed by atoms with van der Waals surface area (Å²) in [6.07, 6.45) is 0.980. The molecule has 0 radical (unpaired) electrons. The highest BCUT2D eigenvalue weighted by atomic mass is 16.5. The molecule has 0 amide bonds. The summed E-state index contributed by atoms with van der Waals surface area (Å²) in [5.41, 5.74) is 2.40. The number of phenols is 1. The van der Waals surface area contributed by atoms with Crippen LogP contribution in [0.1, 0.15) is 36.3 Å². The van der Waals surface area contributed by atoms with E-state index in [0.29, 0.717) is 12.2 Å². The molecular formula is C15H19NO3. The summed E-state index contributed by atoms with van der Waals surface area (Å²) < 4.78 is 7.21. The second-order valence-electron chi connectivity index (χ2n) is 4.53. The van der Waals surface area contributed by atoms with E-state index in [-0.39, 0.29) is 11.7 Å². The van der Waals surface area contributed by atoms with Gasteiger partial charge in [-0.25, -0.2) is 4.79 Å². The zero-order chi connectivity index (χ0) is 14.0. The first-order valence-electron chi connectivity index (χ1n) is 6.59. The van der Waals surface area contributed by atoms with Crippen LogP contribution in [-0.4, -0.2) is 22.2 Å². The van der Waals surface area contributed by atoms with Crippen LogP contribution in [0.2, 0.25) is 0 Å².